The molecule has 0 radical (unpaired) electrons. The van der Waals surface area contributed by atoms with E-state index < -0.39 is 0 Å². The predicted octanol–water partition coefficient (Wildman–Crippen LogP) is 12.2. The Kier molecular flexibility index (Phi) is 5.69. The molecule has 3 unspecified atom stereocenters. The summed E-state index contributed by atoms with van der Waals surface area (Å²) in [5, 5.41) is 0. The summed E-state index contributed by atoms with van der Waals surface area (Å²) in [6.45, 7) is 4.81. The Morgan fingerprint density at radius 2 is 1.17 bits per heavy atom. The quantitative estimate of drug-likeness (QED) is 0.193. The van der Waals surface area contributed by atoms with E-state index in [4.69, 9.17) is 0 Å². The summed E-state index contributed by atoms with van der Waals surface area (Å²) in [7, 11) is 0. The second kappa shape index (κ2) is 9.81. The molecule has 6 aromatic carbocycles. The van der Waals surface area contributed by atoms with Crippen molar-refractivity contribution in [3.63, 3.8) is 0 Å². The zero-order valence-corrected chi connectivity index (χ0v) is 27.2. The summed E-state index contributed by atoms with van der Waals surface area (Å²) in [5.41, 5.74) is 17.8. The topological polar surface area (TPSA) is 3.24 Å². The van der Waals surface area contributed by atoms with E-state index in [1.807, 2.05) is 0 Å². The Hall–Kier alpha value is -4.88. The Labute approximate surface area is 278 Å². The molecular weight excluding hydrogens is 567 g/mol. The van der Waals surface area contributed by atoms with Crippen molar-refractivity contribution in [3.8, 4) is 33.4 Å². The van der Waals surface area contributed by atoms with Crippen molar-refractivity contribution < 1.29 is 0 Å². The van der Waals surface area contributed by atoms with Crippen LogP contribution in [0.1, 0.15) is 61.8 Å². The Morgan fingerprint density at radius 1 is 0.532 bits per heavy atom. The van der Waals surface area contributed by atoms with Gasteiger partial charge in [0, 0.05) is 22.2 Å². The molecule has 1 nitrogen and oxygen atoms in total. The number of benzene rings is 6. The van der Waals surface area contributed by atoms with Crippen LogP contribution in [0.5, 0.6) is 0 Å². The number of hydrogen-bond acceptors (Lipinski definition) is 1. The molecule has 10 rings (SSSR count). The molecule has 0 aliphatic heterocycles. The van der Waals surface area contributed by atoms with Gasteiger partial charge in [-0.15, -0.1) is 0 Å². The van der Waals surface area contributed by atoms with E-state index in [0.29, 0.717) is 0 Å². The highest BCUT2D eigenvalue weighted by Crippen LogP contribution is 2.66. The minimum absolute atomic E-state index is 0.121. The summed E-state index contributed by atoms with van der Waals surface area (Å²) in [5.74, 6) is 1.58. The van der Waals surface area contributed by atoms with Gasteiger partial charge in [0.15, 0.2) is 0 Å². The largest absolute Gasteiger partial charge is 0.310 e. The normalized spacial score (nSPS) is 22.2. The van der Waals surface area contributed by atoms with Gasteiger partial charge in [0.2, 0.25) is 0 Å². The van der Waals surface area contributed by atoms with Crippen LogP contribution in [-0.4, -0.2) is 0 Å². The first-order chi connectivity index (χ1) is 23.0. The fourth-order valence-electron chi connectivity index (χ4n) is 10.4. The van der Waals surface area contributed by atoms with Gasteiger partial charge in [0.25, 0.3) is 0 Å². The van der Waals surface area contributed by atoms with Crippen LogP contribution in [0.25, 0.3) is 33.4 Å². The van der Waals surface area contributed by atoms with E-state index in [9.17, 15) is 0 Å². The molecule has 4 aliphatic carbocycles. The fourth-order valence-corrected chi connectivity index (χ4v) is 10.4. The molecule has 0 N–H and O–H groups in total. The van der Waals surface area contributed by atoms with Crippen LogP contribution in [0.15, 0.2) is 140 Å². The van der Waals surface area contributed by atoms with Crippen LogP contribution in [0.2, 0.25) is 0 Å². The zero-order chi connectivity index (χ0) is 31.3. The monoisotopic (exact) mass is 605 g/mol. The van der Waals surface area contributed by atoms with Crippen molar-refractivity contribution in [1.29, 1.82) is 0 Å². The van der Waals surface area contributed by atoms with E-state index in [1.54, 1.807) is 11.1 Å². The minimum Gasteiger partial charge on any atom is -0.310 e. The molecule has 228 valence electrons. The van der Waals surface area contributed by atoms with E-state index in [2.05, 4.69) is 158 Å². The number of fused-ring (bicyclic) bond motifs is 11. The Balaban J connectivity index is 1.20. The lowest BCUT2D eigenvalue weighted by Gasteiger charge is -2.37. The smallest absolute Gasteiger partial charge is 0.0508 e. The first-order valence-corrected chi connectivity index (χ1v) is 17.5. The van der Waals surface area contributed by atoms with Gasteiger partial charge in [-0.3, -0.25) is 0 Å². The van der Waals surface area contributed by atoms with Gasteiger partial charge in [-0.05, 0) is 117 Å². The maximum atomic E-state index is 2.59. The lowest BCUT2D eigenvalue weighted by atomic mass is 9.67. The summed E-state index contributed by atoms with van der Waals surface area (Å²) in [6, 6.07) is 52.7. The molecule has 1 heteroatoms. The van der Waals surface area contributed by atoms with Crippen LogP contribution in [0.4, 0.5) is 17.1 Å². The highest BCUT2D eigenvalue weighted by molar-refractivity contribution is 5.92. The van der Waals surface area contributed by atoms with E-state index >= 15 is 0 Å². The molecule has 2 fully saturated rings. The first kappa shape index (κ1) is 27.3. The van der Waals surface area contributed by atoms with Crippen molar-refractivity contribution in [2.45, 2.75) is 50.4 Å². The standard InChI is InChI=1S/C46H39N/c1-45(2)40-16-8-6-14-37(40)39-15-10-18-43(44(39)45)47(34-23-20-32(21-24-34)31-11-4-3-5-12-31)35-25-26-38-36-13-7-9-17-41(36)46(42(38)28-35)29-30-19-22-33(46)27-30/h3-18,20-21,23-26,28,30,33H,19,22,27,29H2,1-2H3. The van der Waals surface area contributed by atoms with Crippen molar-refractivity contribution in [1.82, 2.24) is 0 Å². The third-order valence-corrected chi connectivity index (χ3v) is 12.3. The Bertz CT molecular complexity index is 2190. The molecule has 2 bridgehead atoms. The van der Waals surface area contributed by atoms with E-state index in [-0.39, 0.29) is 10.8 Å². The summed E-state index contributed by atoms with van der Waals surface area (Å²) in [4.78, 5) is 2.56. The third-order valence-electron chi connectivity index (χ3n) is 12.3. The second-order valence-corrected chi connectivity index (χ2v) is 14.9. The SMILES string of the molecule is CC1(C)c2ccccc2-c2cccc(N(c3ccc(-c4ccccc4)cc3)c3ccc4c(c3)C3(CC5CCC3C5)c3ccccc3-4)c21. The highest BCUT2D eigenvalue weighted by Gasteiger charge is 2.56. The minimum atomic E-state index is -0.121. The number of rotatable bonds is 4. The lowest BCUT2D eigenvalue weighted by Crippen LogP contribution is -2.32. The van der Waals surface area contributed by atoms with Crippen molar-refractivity contribution >= 4 is 17.1 Å². The summed E-state index contributed by atoms with van der Waals surface area (Å²) in [6.07, 6.45) is 5.42. The average molecular weight is 606 g/mol. The fraction of sp³-hybridized carbons (Fsp3) is 0.217. The molecular formula is C46H39N. The average Bonchev–Trinajstić information content (AvgIpc) is 3.86. The summed E-state index contributed by atoms with van der Waals surface area (Å²) < 4.78 is 0. The van der Waals surface area contributed by atoms with Gasteiger partial charge in [-0.2, -0.15) is 0 Å². The van der Waals surface area contributed by atoms with Gasteiger partial charge in [0.05, 0.1) is 5.69 Å². The molecule has 4 aliphatic rings. The van der Waals surface area contributed by atoms with Gasteiger partial charge < -0.3 is 4.90 Å². The molecule has 6 aromatic rings. The van der Waals surface area contributed by atoms with E-state index in [1.165, 1.54) is 87.3 Å². The number of hydrogen-bond donors (Lipinski definition) is 0. The second-order valence-electron chi connectivity index (χ2n) is 14.9. The molecule has 47 heavy (non-hydrogen) atoms. The van der Waals surface area contributed by atoms with Crippen LogP contribution < -0.4 is 4.90 Å². The molecule has 2 saturated carbocycles. The van der Waals surface area contributed by atoms with Gasteiger partial charge in [-0.1, -0.05) is 129 Å². The predicted molar refractivity (Wildman–Crippen MR) is 196 cm³/mol. The van der Waals surface area contributed by atoms with Crippen molar-refractivity contribution in [2.24, 2.45) is 11.8 Å². The molecule has 0 amide bonds. The van der Waals surface area contributed by atoms with Crippen LogP contribution >= 0.6 is 0 Å². The molecule has 0 saturated heterocycles. The van der Waals surface area contributed by atoms with Crippen LogP contribution in [-0.2, 0) is 10.8 Å². The first-order valence-electron chi connectivity index (χ1n) is 17.5. The Morgan fingerprint density at radius 3 is 1.91 bits per heavy atom. The van der Waals surface area contributed by atoms with Gasteiger partial charge >= 0.3 is 0 Å². The molecule has 0 aromatic heterocycles. The maximum absolute atomic E-state index is 2.59. The third kappa shape index (κ3) is 3.72. The van der Waals surface area contributed by atoms with Gasteiger partial charge in [0.1, 0.15) is 0 Å². The van der Waals surface area contributed by atoms with Crippen molar-refractivity contribution in [2.75, 3.05) is 4.90 Å². The lowest BCUT2D eigenvalue weighted by molar-refractivity contribution is 0.327. The molecule has 1 spiro atoms. The number of nitrogens with zero attached hydrogens (tertiary/aromatic N) is 1. The van der Waals surface area contributed by atoms with Crippen LogP contribution in [0.3, 0.4) is 0 Å². The van der Waals surface area contributed by atoms with Crippen molar-refractivity contribution in [3.05, 3.63) is 162 Å². The molecule has 3 atom stereocenters. The van der Waals surface area contributed by atoms with E-state index in [0.717, 1.165) is 11.8 Å². The highest BCUT2D eigenvalue weighted by atomic mass is 15.1. The van der Waals surface area contributed by atoms with Crippen LogP contribution in [0, 0.1) is 11.8 Å². The zero-order valence-electron chi connectivity index (χ0n) is 27.2. The summed E-state index contributed by atoms with van der Waals surface area (Å²) >= 11 is 0. The van der Waals surface area contributed by atoms with Gasteiger partial charge in [-0.25, -0.2) is 0 Å². The molecule has 0 heterocycles. The number of anilines is 3. The maximum Gasteiger partial charge on any atom is 0.0508 e.